The van der Waals surface area contributed by atoms with Crippen LogP contribution in [0.3, 0.4) is 0 Å². The molecule has 170 valence electrons. The van der Waals surface area contributed by atoms with E-state index in [0.717, 1.165) is 5.56 Å². The number of rotatable bonds is 8. The summed E-state index contributed by atoms with van der Waals surface area (Å²) in [6.07, 6.45) is 3.83. The van der Waals surface area contributed by atoms with Crippen LogP contribution in [-0.4, -0.2) is 19.8 Å². The van der Waals surface area contributed by atoms with Gasteiger partial charge in [-0.3, -0.25) is 0 Å². The van der Waals surface area contributed by atoms with Crippen molar-refractivity contribution in [2.75, 3.05) is 13.7 Å². The lowest BCUT2D eigenvalue weighted by Crippen LogP contribution is -2.22. The number of ether oxygens (including phenoxy) is 2. The van der Waals surface area contributed by atoms with Crippen LogP contribution in [0.25, 0.3) is 11.1 Å². The van der Waals surface area contributed by atoms with Gasteiger partial charge in [0.2, 0.25) is 0 Å². The van der Waals surface area contributed by atoms with Crippen molar-refractivity contribution in [2.45, 2.75) is 44.6 Å². The number of methoxy groups -OCH3 is 1. The molecule has 2 nitrogen and oxygen atoms in total. The van der Waals surface area contributed by atoms with Crippen LogP contribution in [0.15, 0.2) is 72.8 Å². The van der Waals surface area contributed by atoms with Crippen LogP contribution in [0.2, 0.25) is 0 Å². The lowest BCUT2D eigenvalue weighted by molar-refractivity contribution is 0.0382. The first-order valence-electron chi connectivity index (χ1n) is 10.7. The molecule has 0 saturated heterocycles. The van der Waals surface area contributed by atoms with Gasteiger partial charge in [-0.15, -0.1) is 0 Å². The van der Waals surface area contributed by atoms with Crippen molar-refractivity contribution in [2.24, 2.45) is 0 Å². The van der Waals surface area contributed by atoms with Crippen molar-refractivity contribution in [3.63, 3.8) is 0 Å². The number of halogens is 3. The summed E-state index contributed by atoms with van der Waals surface area (Å²) < 4.78 is 54.3. The van der Waals surface area contributed by atoms with E-state index in [1.54, 1.807) is 24.3 Å². The first kappa shape index (κ1) is 23.9. The highest BCUT2D eigenvalue weighted by atomic mass is 19.2. The van der Waals surface area contributed by atoms with Gasteiger partial charge in [-0.25, -0.2) is 13.2 Å². The molecule has 1 fully saturated rings. The Hall–Kier alpha value is -2.79. The molecule has 0 N–H and O–H groups in total. The molecule has 0 atom stereocenters. The van der Waals surface area contributed by atoms with Crippen molar-refractivity contribution < 1.29 is 22.6 Å². The van der Waals surface area contributed by atoms with Gasteiger partial charge in [0.1, 0.15) is 11.6 Å². The maximum atomic E-state index is 14.9. The summed E-state index contributed by atoms with van der Waals surface area (Å²) in [6, 6.07) is 10.7. The van der Waals surface area contributed by atoms with Gasteiger partial charge in [0, 0.05) is 17.2 Å². The van der Waals surface area contributed by atoms with E-state index in [1.807, 2.05) is 19.1 Å². The fourth-order valence-corrected chi connectivity index (χ4v) is 3.97. The Kier molecular flexibility index (Phi) is 7.97. The Balaban J connectivity index is 1.59. The zero-order valence-electron chi connectivity index (χ0n) is 18.6. The molecule has 1 aliphatic rings. The Morgan fingerprint density at radius 2 is 1.66 bits per heavy atom. The summed E-state index contributed by atoms with van der Waals surface area (Å²) in [5, 5.41) is 0. The lowest BCUT2D eigenvalue weighted by Gasteiger charge is -2.29. The summed E-state index contributed by atoms with van der Waals surface area (Å²) in [4.78, 5) is 0. The fourth-order valence-electron chi connectivity index (χ4n) is 3.97. The molecule has 1 aliphatic carbocycles. The number of hydrogen-bond acceptors (Lipinski definition) is 2. The summed E-state index contributed by atoms with van der Waals surface area (Å²) in [5.41, 5.74) is 2.62. The SMILES string of the molecule is C=C(/C=C(/F)C(=C)COC1CCC(c2ccc(-c3ccc(C)cc3)c(F)c2F)CC1)OC. The Bertz CT molecular complexity index is 1000. The Morgan fingerprint density at radius 3 is 2.28 bits per heavy atom. The van der Waals surface area contributed by atoms with Gasteiger partial charge in [-0.2, -0.15) is 0 Å². The summed E-state index contributed by atoms with van der Waals surface area (Å²) in [5.74, 6) is -1.97. The van der Waals surface area contributed by atoms with Crippen LogP contribution in [-0.2, 0) is 9.47 Å². The highest BCUT2D eigenvalue weighted by molar-refractivity contribution is 5.65. The van der Waals surface area contributed by atoms with Gasteiger partial charge >= 0.3 is 0 Å². The topological polar surface area (TPSA) is 18.5 Å². The third kappa shape index (κ3) is 5.71. The van der Waals surface area contributed by atoms with Crippen LogP contribution < -0.4 is 0 Å². The van der Waals surface area contributed by atoms with Gasteiger partial charge in [0.15, 0.2) is 11.6 Å². The average Bonchev–Trinajstić information content (AvgIpc) is 2.80. The van der Waals surface area contributed by atoms with Gasteiger partial charge in [-0.1, -0.05) is 55.1 Å². The van der Waals surface area contributed by atoms with Gasteiger partial charge in [-0.05, 0) is 49.7 Å². The van der Waals surface area contributed by atoms with Crippen molar-refractivity contribution >= 4 is 0 Å². The van der Waals surface area contributed by atoms with E-state index in [1.165, 1.54) is 13.2 Å². The molecule has 3 rings (SSSR count). The second-order valence-electron chi connectivity index (χ2n) is 8.25. The fraction of sp³-hybridized carbons (Fsp3) is 0.333. The second kappa shape index (κ2) is 10.7. The Labute approximate surface area is 188 Å². The van der Waals surface area contributed by atoms with Crippen molar-refractivity contribution in [1.82, 2.24) is 0 Å². The molecule has 0 aromatic heterocycles. The van der Waals surface area contributed by atoms with Crippen LogP contribution in [0.1, 0.15) is 42.7 Å². The largest absolute Gasteiger partial charge is 0.497 e. The minimum absolute atomic E-state index is 0.0584. The predicted molar refractivity (Wildman–Crippen MR) is 122 cm³/mol. The molecule has 32 heavy (non-hydrogen) atoms. The molecule has 5 heteroatoms. The zero-order chi connectivity index (χ0) is 23.3. The van der Waals surface area contributed by atoms with Gasteiger partial charge < -0.3 is 9.47 Å². The lowest BCUT2D eigenvalue weighted by atomic mass is 9.82. The van der Waals surface area contributed by atoms with Gasteiger partial charge in [0.25, 0.3) is 0 Å². The zero-order valence-corrected chi connectivity index (χ0v) is 18.6. The van der Waals surface area contributed by atoms with E-state index >= 15 is 0 Å². The molecule has 0 amide bonds. The van der Waals surface area contributed by atoms with E-state index in [9.17, 15) is 13.2 Å². The molecule has 0 bridgehead atoms. The second-order valence-corrected chi connectivity index (χ2v) is 8.25. The van der Waals surface area contributed by atoms with E-state index in [4.69, 9.17) is 9.47 Å². The van der Waals surface area contributed by atoms with Crippen molar-refractivity contribution in [1.29, 1.82) is 0 Å². The van der Waals surface area contributed by atoms with Crippen molar-refractivity contribution in [3.05, 3.63) is 95.6 Å². The molecule has 0 radical (unpaired) electrons. The van der Waals surface area contributed by atoms with E-state index in [0.29, 0.717) is 36.8 Å². The highest BCUT2D eigenvalue weighted by Crippen LogP contribution is 2.38. The average molecular weight is 443 g/mol. The molecule has 0 heterocycles. The number of hydrogen-bond donors (Lipinski definition) is 0. The molecule has 2 aromatic rings. The predicted octanol–water partition coefficient (Wildman–Crippen LogP) is 7.55. The Morgan fingerprint density at radius 1 is 1.00 bits per heavy atom. The van der Waals surface area contributed by atoms with Crippen LogP contribution in [0.4, 0.5) is 13.2 Å². The minimum Gasteiger partial charge on any atom is -0.497 e. The van der Waals surface area contributed by atoms with E-state index in [-0.39, 0.29) is 35.5 Å². The highest BCUT2D eigenvalue weighted by Gasteiger charge is 2.27. The molecule has 0 unspecified atom stereocenters. The first-order chi connectivity index (χ1) is 15.3. The molecule has 2 aromatic carbocycles. The number of benzene rings is 2. The smallest absolute Gasteiger partial charge is 0.166 e. The standard InChI is InChI=1S/C27H29F3O2/c1-17-5-7-20(8-6-17)23-13-14-24(27(30)26(23)29)21-9-11-22(12-10-21)32-16-18(2)25(28)15-19(3)31-4/h5-8,13-15,21-22H,2-3,9-12,16H2,1,4H3/b25-15+. The molecular formula is C27H29F3O2. The molecular weight excluding hydrogens is 413 g/mol. The quantitative estimate of drug-likeness (QED) is 0.310. The normalized spacial score (nSPS) is 19.0. The monoisotopic (exact) mass is 442 g/mol. The van der Waals surface area contributed by atoms with E-state index < -0.39 is 17.5 Å². The summed E-state index contributed by atoms with van der Waals surface area (Å²) in [6.45, 7) is 9.24. The third-order valence-corrected chi connectivity index (χ3v) is 5.97. The number of aryl methyl sites for hydroxylation is 1. The molecule has 0 spiro atoms. The molecule has 1 saturated carbocycles. The first-order valence-corrected chi connectivity index (χ1v) is 10.7. The van der Waals surface area contributed by atoms with Crippen molar-refractivity contribution in [3.8, 4) is 11.1 Å². The minimum atomic E-state index is -0.805. The molecule has 0 aliphatic heterocycles. The van der Waals surface area contributed by atoms with Crippen LogP contribution >= 0.6 is 0 Å². The van der Waals surface area contributed by atoms with Crippen LogP contribution in [0, 0.1) is 18.6 Å². The maximum absolute atomic E-state index is 14.9. The van der Waals surface area contributed by atoms with Crippen LogP contribution in [0.5, 0.6) is 0 Å². The number of allylic oxidation sites excluding steroid dienone is 1. The summed E-state index contributed by atoms with van der Waals surface area (Å²) >= 11 is 0. The van der Waals surface area contributed by atoms with Gasteiger partial charge in [0.05, 0.1) is 19.8 Å². The summed E-state index contributed by atoms with van der Waals surface area (Å²) in [7, 11) is 1.41. The maximum Gasteiger partial charge on any atom is 0.166 e. The third-order valence-electron chi connectivity index (χ3n) is 5.97. The van der Waals surface area contributed by atoms with E-state index in [2.05, 4.69) is 13.2 Å².